The predicted molar refractivity (Wildman–Crippen MR) is 195 cm³/mol. The minimum absolute atomic E-state index is 0.00248. The molecule has 0 N–H and O–H groups in total. The molecule has 0 bridgehead atoms. The summed E-state index contributed by atoms with van der Waals surface area (Å²) in [6, 6.07) is 12.5. The summed E-state index contributed by atoms with van der Waals surface area (Å²) in [7, 11) is 0. The molecule has 1 aliphatic rings. The summed E-state index contributed by atoms with van der Waals surface area (Å²) in [5.41, 5.74) is -0.796. The van der Waals surface area contributed by atoms with Gasteiger partial charge in [0.25, 0.3) is 5.75 Å². The van der Waals surface area contributed by atoms with Crippen LogP contribution in [0.5, 0.6) is 17.2 Å². The second-order valence-corrected chi connectivity index (χ2v) is 13.0. The Bertz CT molecular complexity index is 1840. The van der Waals surface area contributed by atoms with Gasteiger partial charge in [0.15, 0.2) is 18.0 Å². The molecule has 0 radical (unpaired) electrons. The molecule has 5 atom stereocenters. The molecule has 0 amide bonds. The van der Waals surface area contributed by atoms with E-state index in [2.05, 4.69) is 6.92 Å². The topological polar surface area (TPSA) is 189 Å². The zero-order valence-corrected chi connectivity index (χ0v) is 31.7. The lowest BCUT2D eigenvalue weighted by Crippen LogP contribution is -2.63. The molecule has 298 valence electrons. The first kappa shape index (κ1) is 42.3. The fraction of sp³-hybridized carbons (Fsp3) is 0.500. The molecule has 1 fully saturated rings. The maximum Gasteiger partial charge on any atom is 0.383 e. The lowest BCUT2D eigenvalue weighted by atomic mass is 9.98. The maximum absolute atomic E-state index is 13.4. The van der Waals surface area contributed by atoms with Gasteiger partial charge in [-0.15, -0.1) is 0 Å². The third-order valence-electron chi connectivity index (χ3n) is 8.44. The Labute approximate surface area is 318 Å². The number of fused-ring (bicyclic) bond motifs is 1. The highest BCUT2D eigenvalue weighted by Gasteiger charge is 2.53. The van der Waals surface area contributed by atoms with E-state index in [1.165, 1.54) is 43.9 Å². The number of rotatable bonds is 19. The largest absolute Gasteiger partial charge is 0.489 e. The van der Waals surface area contributed by atoms with E-state index in [-0.39, 0.29) is 34.6 Å². The highest BCUT2D eigenvalue weighted by Crippen LogP contribution is 2.37. The fourth-order valence-electron chi connectivity index (χ4n) is 5.99. The average molecular weight is 769 g/mol. The zero-order chi connectivity index (χ0) is 39.9. The van der Waals surface area contributed by atoms with Gasteiger partial charge in [-0.05, 0) is 30.7 Å². The summed E-state index contributed by atoms with van der Waals surface area (Å²) in [5, 5.41) is 0.281. The number of esters is 5. The van der Waals surface area contributed by atoms with E-state index in [1.54, 1.807) is 30.3 Å². The van der Waals surface area contributed by atoms with Crippen molar-refractivity contribution in [2.24, 2.45) is 0 Å². The molecule has 0 unspecified atom stereocenters. The molecule has 1 saturated heterocycles. The quantitative estimate of drug-likeness (QED) is 0.0598. The highest BCUT2D eigenvalue weighted by molar-refractivity contribution is 5.93. The van der Waals surface area contributed by atoms with Gasteiger partial charge in [0.2, 0.25) is 12.4 Å². The zero-order valence-electron chi connectivity index (χ0n) is 31.7. The predicted octanol–water partition coefficient (Wildman–Crippen LogP) is 5.99. The van der Waals surface area contributed by atoms with Crippen LogP contribution in [0.1, 0.15) is 96.3 Å². The van der Waals surface area contributed by atoms with Crippen LogP contribution in [0.3, 0.4) is 0 Å². The van der Waals surface area contributed by atoms with Gasteiger partial charge >= 0.3 is 35.5 Å². The standard InChI is InChI=1S/C40H48O15/c1-6-7-8-9-10-11-12-16-21-47-33-30-20-19-29(22-31(30)53-39(46)36(33)55-38(45)28-17-14-13-15-18-28)52-40-37(51-27(5)44)35(50-26(4)43)34(49-25(3)42)32(54-40)23-48-24(2)41/h13-15,17-20,22,32,34-35,37,40H,6-12,16,21,23H2,1-5H3/t32-,34-,35+,37+,40+/m1/s1. The van der Waals surface area contributed by atoms with E-state index in [0.717, 1.165) is 47.0 Å². The summed E-state index contributed by atoms with van der Waals surface area (Å²) in [4.78, 5) is 74.7. The van der Waals surface area contributed by atoms with E-state index in [4.69, 9.17) is 42.3 Å². The first-order valence-corrected chi connectivity index (χ1v) is 18.4. The monoisotopic (exact) mass is 768 g/mol. The Morgan fingerprint density at radius 1 is 0.691 bits per heavy atom. The summed E-state index contributed by atoms with van der Waals surface area (Å²) >= 11 is 0. The molecule has 1 aliphatic heterocycles. The van der Waals surface area contributed by atoms with Crippen LogP contribution in [0.25, 0.3) is 11.0 Å². The van der Waals surface area contributed by atoms with Gasteiger partial charge in [0.1, 0.15) is 24.0 Å². The molecule has 0 spiro atoms. The number of unbranched alkanes of at least 4 members (excludes halogenated alkanes) is 7. The normalized spacial score (nSPS) is 19.2. The molecule has 15 nitrogen and oxygen atoms in total. The first-order chi connectivity index (χ1) is 26.4. The summed E-state index contributed by atoms with van der Waals surface area (Å²) in [6.45, 7) is 6.44. The van der Waals surface area contributed by atoms with Gasteiger partial charge < -0.3 is 42.3 Å². The van der Waals surface area contributed by atoms with Crippen LogP contribution in [0, 0.1) is 0 Å². The van der Waals surface area contributed by atoms with Gasteiger partial charge in [0, 0.05) is 33.8 Å². The van der Waals surface area contributed by atoms with E-state index in [9.17, 15) is 28.8 Å². The number of hydrogen-bond acceptors (Lipinski definition) is 15. The van der Waals surface area contributed by atoms with Gasteiger partial charge in [0.05, 0.1) is 17.6 Å². The molecule has 3 aromatic rings. The van der Waals surface area contributed by atoms with Crippen molar-refractivity contribution in [3.63, 3.8) is 0 Å². The number of carbonyl (C=O) groups is 5. The molecule has 0 saturated carbocycles. The smallest absolute Gasteiger partial charge is 0.383 e. The Balaban J connectivity index is 1.67. The van der Waals surface area contributed by atoms with Crippen molar-refractivity contribution in [2.45, 2.75) is 117 Å². The maximum atomic E-state index is 13.4. The lowest BCUT2D eigenvalue weighted by molar-refractivity contribution is -0.288. The minimum Gasteiger partial charge on any atom is -0.489 e. The molecular weight excluding hydrogens is 720 g/mol. The van der Waals surface area contributed by atoms with Gasteiger partial charge in [-0.1, -0.05) is 70.1 Å². The molecule has 2 aromatic carbocycles. The molecule has 1 aromatic heterocycles. The number of carbonyl (C=O) groups excluding carboxylic acids is 5. The number of ether oxygens (including phenoxy) is 8. The van der Waals surface area contributed by atoms with E-state index in [1.807, 2.05) is 0 Å². The number of hydrogen-bond donors (Lipinski definition) is 0. The highest BCUT2D eigenvalue weighted by atomic mass is 16.7. The third-order valence-corrected chi connectivity index (χ3v) is 8.44. The molecular formula is C40H48O15. The van der Waals surface area contributed by atoms with E-state index in [0.29, 0.717) is 6.42 Å². The Kier molecular flexibility index (Phi) is 16.0. The van der Waals surface area contributed by atoms with E-state index >= 15 is 0 Å². The molecule has 2 heterocycles. The van der Waals surface area contributed by atoms with Crippen LogP contribution in [0.4, 0.5) is 0 Å². The van der Waals surface area contributed by atoms with Crippen LogP contribution in [0.15, 0.2) is 57.7 Å². The summed E-state index contributed by atoms with van der Waals surface area (Å²) < 4.78 is 50.9. The van der Waals surface area contributed by atoms with Crippen molar-refractivity contribution in [3.05, 3.63) is 64.5 Å². The Hall–Kier alpha value is -5.44. The van der Waals surface area contributed by atoms with Gasteiger partial charge in [-0.25, -0.2) is 9.59 Å². The summed E-state index contributed by atoms with van der Waals surface area (Å²) in [6.07, 6.45) is 1.38. The first-order valence-electron chi connectivity index (χ1n) is 18.4. The van der Waals surface area contributed by atoms with Crippen molar-refractivity contribution in [1.29, 1.82) is 0 Å². The lowest BCUT2D eigenvalue weighted by Gasteiger charge is -2.43. The molecule has 15 heteroatoms. The third kappa shape index (κ3) is 12.6. The van der Waals surface area contributed by atoms with Crippen molar-refractivity contribution in [2.75, 3.05) is 13.2 Å². The van der Waals surface area contributed by atoms with E-state index < -0.39 is 78.5 Å². The van der Waals surface area contributed by atoms with Gasteiger partial charge in [-0.2, -0.15) is 0 Å². The van der Waals surface area contributed by atoms with Crippen molar-refractivity contribution in [1.82, 2.24) is 0 Å². The second-order valence-electron chi connectivity index (χ2n) is 13.0. The molecule has 55 heavy (non-hydrogen) atoms. The molecule has 0 aliphatic carbocycles. The van der Waals surface area contributed by atoms with Crippen LogP contribution < -0.4 is 19.8 Å². The minimum atomic E-state index is -1.53. The van der Waals surface area contributed by atoms with Crippen LogP contribution in [0.2, 0.25) is 0 Å². The van der Waals surface area contributed by atoms with Crippen molar-refractivity contribution in [3.8, 4) is 17.2 Å². The van der Waals surface area contributed by atoms with Gasteiger partial charge in [-0.3, -0.25) is 19.2 Å². The number of benzene rings is 2. The van der Waals surface area contributed by atoms with Crippen molar-refractivity contribution >= 4 is 40.8 Å². The second kappa shape index (κ2) is 20.9. The Morgan fingerprint density at radius 2 is 1.31 bits per heavy atom. The SMILES string of the molecule is CCCCCCCCCCOc1c(OC(=O)c2ccccc2)c(=O)oc2cc(O[C@H]3O[C@H](COC(C)=O)[C@@H](OC(C)=O)[C@H](OC(C)=O)[C@@H]3OC(C)=O)ccc12. The van der Waals surface area contributed by atoms with Crippen molar-refractivity contribution < 1.29 is 66.3 Å². The van der Waals surface area contributed by atoms with Crippen LogP contribution >= 0.6 is 0 Å². The van der Waals surface area contributed by atoms with Crippen LogP contribution in [-0.2, 0) is 42.9 Å². The Morgan fingerprint density at radius 3 is 1.95 bits per heavy atom. The average Bonchev–Trinajstić information content (AvgIpc) is 3.13. The molecule has 4 rings (SSSR count). The summed E-state index contributed by atoms with van der Waals surface area (Å²) in [5.74, 6) is -4.24. The van der Waals surface area contributed by atoms with Crippen LogP contribution in [-0.4, -0.2) is 73.8 Å². The fourth-order valence-corrected chi connectivity index (χ4v) is 5.99.